The molecule has 0 atom stereocenters. The first-order valence-corrected chi connectivity index (χ1v) is 11.3. The summed E-state index contributed by atoms with van der Waals surface area (Å²) in [5, 5.41) is 3.49. The van der Waals surface area contributed by atoms with E-state index in [9.17, 15) is 13.2 Å². The molecule has 3 rings (SSSR count). The van der Waals surface area contributed by atoms with E-state index in [1.54, 1.807) is 18.2 Å². The van der Waals surface area contributed by atoms with Gasteiger partial charge in [0.2, 0.25) is 15.9 Å². The Kier molecular flexibility index (Phi) is 6.63. The van der Waals surface area contributed by atoms with E-state index < -0.39 is 10.0 Å². The highest BCUT2D eigenvalue weighted by molar-refractivity contribution is 7.89. The topological polar surface area (TPSA) is 69.7 Å². The lowest BCUT2D eigenvalue weighted by Crippen LogP contribution is -2.50. The fourth-order valence-corrected chi connectivity index (χ4v) is 5.29. The van der Waals surface area contributed by atoms with E-state index >= 15 is 0 Å². The molecule has 1 N–H and O–H groups in total. The van der Waals surface area contributed by atoms with Crippen molar-refractivity contribution in [1.29, 1.82) is 0 Å². The Morgan fingerprint density at radius 1 is 1.07 bits per heavy atom. The van der Waals surface area contributed by atoms with Gasteiger partial charge in [0.25, 0.3) is 0 Å². The number of halogens is 1. The quantitative estimate of drug-likeness (QED) is 0.782. The molecular formula is C21H26ClN3O3S. The fraction of sp³-hybridized carbons (Fsp3) is 0.381. The zero-order chi connectivity index (χ0) is 21.2. The number of hydrogen-bond donors (Lipinski definition) is 1. The molecule has 29 heavy (non-hydrogen) atoms. The van der Waals surface area contributed by atoms with Gasteiger partial charge in [-0.2, -0.15) is 4.31 Å². The van der Waals surface area contributed by atoms with E-state index in [1.165, 1.54) is 4.31 Å². The number of piperazine rings is 1. The van der Waals surface area contributed by atoms with E-state index in [2.05, 4.69) is 5.32 Å². The minimum Gasteiger partial charge on any atom is -0.325 e. The predicted molar refractivity (Wildman–Crippen MR) is 116 cm³/mol. The minimum absolute atomic E-state index is 0.138. The summed E-state index contributed by atoms with van der Waals surface area (Å²) >= 11 is 6.10. The minimum atomic E-state index is -3.53. The van der Waals surface area contributed by atoms with Crippen LogP contribution in [0.4, 0.5) is 5.69 Å². The van der Waals surface area contributed by atoms with Gasteiger partial charge < -0.3 is 5.32 Å². The number of anilines is 1. The molecule has 1 aliphatic rings. The Hall–Kier alpha value is -1.93. The van der Waals surface area contributed by atoms with Crippen molar-refractivity contribution in [2.75, 3.05) is 38.0 Å². The molecule has 6 nitrogen and oxygen atoms in total. The second-order valence-corrected chi connectivity index (χ2v) is 9.72. The van der Waals surface area contributed by atoms with Crippen LogP contribution in [0.25, 0.3) is 0 Å². The molecule has 1 amide bonds. The summed E-state index contributed by atoms with van der Waals surface area (Å²) in [7, 11) is -3.53. The first kappa shape index (κ1) is 21.8. The first-order chi connectivity index (χ1) is 13.7. The zero-order valence-corrected chi connectivity index (χ0v) is 18.5. The van der Waals surface area contributed by atoms with Gasteiger partial charge in [-0.15, -0.1) is 0 Å². The van der Waals surface area contributed by atoms with Crippen LogP contribution in [0.5, 0.6) is 0 Å². The highest BCUT2D eigenvalue weighted by Gasteiger charge is 2.30. The Bertz CT molecular complexity index is 1020. The summed E-state index contributed by atoms with van der Waals surface area (Å²) in [6.45, 7) is 7.50. The predicted octanol–water partition coefficient (Wildman–Crippen LogP) is 3.21. The van der Waals surface area contributed by atoms with Crippen molar-refractivity contribution < 1.29 is 13.2 Å². The lowest BCUT2D eigenvalue weighted by atomic mass is 10.2. The van der Waals surface area contributed by atoms with Gasteiger partial charge in [0.05, 0.1) is 11.4 Å². The molecule has 0 spiro atoms. The van der Waals surface area contributed by atoms with Crippen LogP contribution < -0.4 is 5.32 Å². The van der Waals surface area contributed by atoms with Gasteiger partial charge in [0.15, 0.2) is 0 Å². The third kappa shape index (κ3) is 4.98. The number of nitrogens with zero attached hydrogens (tertiary/aromatic N) is 2. The van der Waals surface area contributed by atoms with Gasteiger partial charge in [-0.25, -0.2) is 8.42 Å². The lowest BCUT2D eigenvalue weighted by molar-refractivity contribution is -0.117. The van der Waals surface area contributed by atoms with Crippen LogP contribution in [0.3, 0.4) is 0 Å². The molecule has 0 unspecified atom stereocenters. The number of aryl methyl sites for hydroxylation is 2. The molecule has 0 aliphatic carbocycles. The maximum Gasteiger partial charge on any atom is 0.243 e. The van der Waals surface area contributed by atoms with Gasteiger partial charge in [0.1, 0.15) is 0 Å². The maximum atomic E-state index is 13.0. The Morgan fingerprint density at radius 2 is 1.76 bits per heavy atom. The van der Waals surface area contributed by atoms with E-state index in [0.29, 0.717) is 41.8 Å². The van der Waals surface area contributed by atoms with Crippen LogP contribution in [0.2, 0.25) is 5.02 Å². The van der Waals surface area contributed by atoms with Crippen molar-refractivity contribution in [2.24, 2.45) is 0 Å². The van der Waals surface area contributed by atoms with E-state index in [0.717, 1.165) is 16.7 Å². The molecule has 0 radical (unpaired) electrons. The third-order valence-corrected chi connectivity index (χ3v) is 7.65. The highest BCUT2D eigenvalue weighted by atomic mass is 35.5. The smallest absolute Gasteiger partial charge is 0.243 e. The van der Waals surface area contributed by atoms with Crippen LogP contribution in [0.1, 0.15) is 16.7 Å². The van der Waals surface area contributed by atoms with Crippen LogP contribution in [-0.2, 0) is 14.8 Å². The van der Waals surface area contributed by atoms with E-state index in [-0.39, 0.29) is 12.5 Å². The van der Waals surface area contributed by atoms with E-state index in [4.69, 9.17) is 11.6 Å². The number of amides is 1. The highest BCUT2D eigenvalue weighted by Crippen LogP contribution is 2.24. The molecule has 1 saturated heterocycles. The average molecular weight is 436 g/mol. The maximum absolute atomic E-state index is 13.0. The van der Waals surface area contributed by atoms with Crippen LogP contribution >= 0.6 is 11.6 Å². The number of benzene rings is 2. The molecule has 8 heteroatoms. The van der Waals surface area contributed by atoms with Crippen LogP contribution in [-0.4, -0.2) is 56.3 Å². The van der Waals surface area contributed by atoms with Crippen molar-refractivity contribution in [3.63, 3.8) is 0 Å². The number of sulfonamides is 1. The van der Waals surface area contributed by atoms with Gasteiger partial charge in [-0.3, -0.25) is 9.69 Å². The third-order valence-electron chi connectivity index (χ3n) is 5.20. The van der Waals surface area contributed by atoms with Crippen molar-refractivity contribution in [1.82, 2.24) is 9.21 Å². The number of carbonyl (C=O) groups excluding carboxylic acids is 1. The summed E-state index contributed by atoms with van der Waals surface area (Å²) in [5.41, 5.74) is 3.18. The van der Waals surface area contributed by atoms with Gasteiger partial charge in [-0.1, -0.05) is 29.8 Å². The number of carbonyl (C=O) groups is 1. The van der Waals surface area contributed by atoms with Crippen molar-refractivity contribution in [3.05, 3.63) is 58.1 Å². The Balaban J connectivity index is 1.59. The number of rotatable bonds is 5. The second kappa shape index (κ2) is 8.83. The first-order valence-electron chi connectivity index (χ1n) is 9.53. The summed E-state index contributed by atoms with van der Waals surface area (Å²) in [6, 6.07) is 10.8. The lowest BCUT2D eigenvalue weighted by Gasteiger charge is -2.33. The van der Waals surface area contributed by atoms with Crippen molar-refractivity contribution in [2.45, 2.75) is 25.7 Å². The molecule has 2 aromatic rings. The summed E-state index contributed by atoms with van der Waals surface area (Å²) in [4.78, 5) is 14.7. The zero-order valence-electron chi connectivity index (χ0n) is 16.9. The van der Waals surface area contributed by atoms with Crippen molar-refractivity contribution >= 4 is 33.2 Å². The van der Waals surface area contributed by atoms with Gasteiger partial charge in [0, 0.05) is 36.9 Å². The molecule has 1 fully saturated rings. The SMILES string of the molecule is Cc1ccc(C)c(S(=O)(=O)N2CCN(CC(=O)Nc3cccc(Cl)c3C)CC2)c1. The largest absolute Gasteiger partial charge is 0.325 e. The standard InChI is InChI=1S/C21H26ClN3O3S/c1-15-7-8-16(2)20(13-15)29(27,28)25-11-9-24(10-12-25)14-21(26)23-19-6-4-5-18(22)17(19)3/h4-8,13H,9-12,14H2,1-3H3,(H,23,26). The van der Waals surface area contributed by atoms with Crippen LogP contribution in [0.15, 0.2) is 41.3 Å². The monoisotopic (exact) mass is 435 g/mol. The summed E-state index contributed by atoms with van der Waals surface area (Å²) < 4.78 is 27.5. The molecule has 156 valence electrons. The second-order valence-electron chi connectivity index (χ2n) is 7.41. The summed E-state index contributed by atoms with van der Waals surface area (Å²) in [6.07, 6.45) is 0. The molecule has 0 aromatic heterocycles. The van der Waals surface area contributed by atoms with Crippen molar-refractivity contribution in [3.8, 4) is 0 Å². The molecule has 1 heterocycles. The molecule has 1 aliphatic heterocycles. The fourth-order valence-electron chi connectivity index (χ4n) is 3.39. The van der Waals surface area contributed by atoms with Gasteiger partial charge >= 0.3 is 0 Å². The molecule has 0 bridgehead atoms. The normalized spacial score (nSPS) is 16.0. The summed E-state index contributed by atoms with van der Waals surface area (Å²) in [5.74, 6) is -0.138. The van der Waals surface area contributed by atoms with Gasteiger partial charge in [-0.05, 0) is 55.7 Å². The molecule has 0 saturated carbocycles. The molecule has 2 aromatic carbocycles. The number of hydrogen-bond acceptors (Lipinski definition) is 4. The average Bonchev–Trinajstić information content (AvgIpc) is 2.67. The number of nitrogens with one attached hydrogen (secondary N) is 1. The Labute approximate surface area is 177 Å². The van der Waals surface area contributed by atoms with Crippen LogP contribution in [0, 0.1) is 20.8 Å². The van der Waals surface area contributed by atoms with E-state index in [1.807, 2.05) is 43.9 Å². The Morgan fingerprint density at radius 3 is 2.45 bits per heavy atom. The molecular weight excluding hydrogens is 410 g/mol.